The maximum Gasteiger partial charge on any atom is 0.413 e. The maximum atomic E-state index is 11.3. The Bertz CT molecular complexity index is 537. The normalized spacial score (nSPS) is 11.0. The first-order valence-electron chi connectivity index (χ1n) is 4.74. The molecule has 1 aromatic heterocycles. The third kappa shape index (κ3) is 3.67. The largest absolute Gasteiger partial charge is 0.501 e. The van der Waals surface area contributed by atoms with Crippen molar-refractivity contribution in [2.45, 2.75) is 26.4 Å². The number of H-pyrrole nitrogens is 2. The van der Waals surface area contributed by atoms with Crippen LogP contribution in [0.1, 0.15) is 20.8 Å². The van der Waals surface area contributed by atoms with Gasteiger partial charge >= 0.3 is 11.8 Å². The molecular formula is C9H13N3O5. The van der Waals surface area contributed by atoms with Crippen molar-refractivity contribution in [1.82, 2.24) is 9.97 Å². The molecule has 1 aromatic rings. The van der Waals surface area contributed by atoms with Gasteiger partial charge in [-0.2, -0.15) is 0 Å². The highest BCUT2D eigenvalue weighted by Crippen LogP contribution is 2.14. The van der Waals surface area contributed by atoms with Gasteiger partial charge in [0.1, 0.15) is 5.60 Å². The van der Waals surface area contributed by atoms with E-state index in [9.17, 15) is 19.5 Å². The summed E-state index contributed by atoms with van der Waals surface area (Å²) in [5, 5.41) is 11.3. The van der Waals surface area contributed by atoms with Crippen molar-refractivity contribution in [2.24, 2.45) is 0 Å². The number of hydrogen-bond donors (Lipinski definition) is 4. The van der Waals surface area contributed by atoms with Crippen LogP contribution >= 0.6 is 0 Å². The van der Waals surface area contributed by atoms with E-state index >= 15 is 0 Å². The smallest absolute Gasteiger partial charge is 0.413 e. The van der Waals surface area contributed by atoms with Crippen molar-refractivity contribution < 1.29 is 14.6 Å². The fourth-order valence-electron chi connectivity index (χ4n) is 0.976. The van der Waals surface area contributed by atoms with Gasteiger partial charge < -0.3 is 9.84 Å². The molecule has 17 heavy (non-hydrogen) atoms. The Balaban J connectivity index is 2.93. The number of anilines is 1. The van der Waals surface area contributed by atoms with Crippen molar-refractivity contribution in [2.75, 3.05) is 5.32 Å². The van der Waals surface area contributed by atoms with E-state index in [0.717, 1.165) is 0 Å². The number of aromatic nitrogens is 2. The highest BCUT2D eigenvalue weighted by Gasteiger charge is 2.18. The monoisotopic (exact) mass is 243 g/mol. The summed E-state index contributed by atoms with van der Waals surface area (Å²) in [7, 11) is 0. The van der Waals surface area contributed by atoms with Crippen molar-refractivity contribution in [3.05, 3.63) is 20.8 Å². The Hall–Kier alpha value is -2.25. The molecule has 0 saturated heterocycles. The second-order valence-electron chi connectivity index (χ2n) is 4.26. The topological polar surface area (TPSA) is 124 Å². The quantitative estimate of drug-likeness (QED) is 0.557. The molecule has 0 atom stereocenters. The fourth-order valence-corrected chi connectivity index (χ4v) is 0.976. The molecule has 1 heterocycles. The first kappa shape index (κ1) is 12.8. The van der Waals surface area contributed by atoms with Gasteiger partial charge in [0.2, 0.25) is 5.75 Å². The van der Waals surface area contributed by atoms with Crippen LogP contribution < -0.4 is 16.6 Å². The van der Waals surface area contributed by atoms with E-state index in [4.69, 9.17) is 4.74 Å². The molecule has 0 fully saturated rings. The predicted molar refractivity (Wildman–Crippen MR) is 59.2 cm³/mol. The number of rotatable bonds is 1. The standard InChI is InChI=1S/C9H13N3O5/c1-9(2,3)17-8(16)11-5-4(13)6(14)12-7(15)10-5/h13H,1-3H3,(H3,10,11,12,14,15,16). The van der Waals surface area contributed by atoms with Crippen LogP contribution in [-0.2, 0) is 4.74 Å². The van der Waals surface area contributed by atoms with Gasteiger partial charge in [0.15, 0.2) is 5.82 Å². The summed E-state index contributed by atoms with van der Waals surface area (Å²) in [6.45, 7) is 4.94. The third-order valence-electron chi connectivity index (χ3n) is 1.54. The van der Waals surface area contributed by atoms with E-state index in [1.807, 2.05) is 0 Å². The van der Waals surface area contributed by atoms with Crippen molar-refractivity contribution in [3.63, 3.8) is 0 Å². The molecule has 94 valence electrons. The Labute approximate surface area is 95.6 Å². The van der Waals surface area contributed by atoms with Crippen LogP contribution in [-0.4, -0.2) is 26.8 Å². The lowest BCUT2D eigenvalue weighted by molar-refractivity contribution is 0.0634. The van der Waals surface area contributed by atoms with Gasteiger partial charge in [0.25, 0.3) is 5.56 Å². The van der Waals surface area contributed by atoms with E-state index in [2.05, 4.69) is 10.3 Å². The van der Waals surface area contributed by atoms with E-state index < -0.39 is 34.5 Å². The lowest BCUT2D eigenvalue weighted by atomic mass is 10.2. The SMILES string of the molecule is CC(C)(C)OC(=O)Nc1[nH]c(=O)[nH]c(=O)c1O. The first-order valence-corrected chi connectivity index (χ1v) is 4.74. The average molecular weight is 243 g/mol. The number of aromatic hydroxyl groups is 1. The molecule has 0 aromatic carbocycles. The van der Waals surface area contributed by atoms with Crippen LogP contribution in [0.3, 0.4) is 0 Å². The molecule has 0 aliphatic rings. The van der Waals surface area contributed by atoms with Crippen molar-refractivity contribution in [1.29, 1.82) is 0 Å². The van der Waals surface area contributed by atoms with Crippen LogP contribution in [0, 0.1) is 0 Å². The predicted octanol–water partition coefficient (Wildman–Crippen LogP) is 0.116. The summed E-state index contributed by atoms with van der Waals surface area (Å²) < 4.78 is 4.88. The van der Waals surface area contributed by atoms with E-state index in [1.165, 1.54) is 0 Å². The van der Waals surface area contributed by atoms with Crippen LogP contribution in [0.15, 0.2) is 9.59 Å². The Morgan fingerprint density at radius 3 is 2.41 bits per heavy atom. The minimum atomic E-state index is -1.00. The van der Waals surface area contributed by atoms with Gasteiger partial charge in [-0.25, -0.2) is 9.59 Å². The molecule has 0 saturated carbocycles. The Morgan fingerprint density at radius 2 is 1.88 bits per heavy atom. The number of ether oxygens (including phenoxy) is 1. The zero-order valence-electron chi connectivity index (χ0n) is 9.58. The molecule has 1 rings (SSSR count). The highest BCUT2D eigenvalue weighted by molar-refractivity contribution is 5.85. The number of nitrogens with one attached hydrogen (secondary N) is 3. The summed E-state index contributed by atoms with van der Waals surface area (Å²) in [4.78, 5) is 37.1. The van der Waals surface area contributed by atoms with E-state index in [0.29, 0.717) is 0 Å². The lowest BCUT2D eigenvalue weighted by Crippen LogP contribution is -2.30. The fraction of sp³-hybridized carbons (Fsp3) is 0.444. The highest BCUT2D eigenvalue weighted by atomic mass is 16.6. The van der Waals surface area contributed by atoms with Crippen LogP contribution in [0.2, 0.25) is 0 Å². The molecule has 0 spiro atoms. The van der Waals surface area contributed by atoms with Gasteiger partial charge in [-0.1, -0.05) is 0 Å². The summed E-state index contributed by atoms with van der Waals surface area (Å²) in [5.41, 5.74) is -2.58. The minimum Gasteiger partial charge on any atom is -0.501 e. The number of aromatic amines is 2. The van der Waals surface area contributed by atoms with Gasteiger partial charge in [-0.3, -0.25) is 20.1 Å². The molecule has 8 nitrogen and oxygen atoms in total. The third-order valence-corrected chi connectivity index (χ3v) is 1.54. The number of carbonyl (C=O) groups excluding carboxylic acids is 1. The molecule has 4 N–H and O–H groups in total. The van der Waals surface area contributed by atoms with Gasteiger partial charge in [0, 0.05) is 0 Å². The van der Waals surface area contributed by atoms with Gasteiger partial charge in [-0.05, 0) is 20.8 Å². The number of amides is 1. The maximum absolute atomic E-state index is 11.3. The van der Waals surface area contributed by atoms with Crippen LogP contribution in [0.4, 0.5) is 10.6 Å². The second-order valence-corrected chi connectivity index (χ2v) is 4.26. The van der Waals surface area contributed by atoms with Crippen LogP contribution in [0.5, 0.6) is 5.75 Å². The zero-order chi connectivity index (χ0) is 13.2. The van der Waals surface area contributed by atoms with Gasteiger partial charge in [0.05, 0.1) is 0 Å². The summed E-state index contributed by atoms with van der Waals surface area (Å²) in [6.07, 6.45) is -0.894. The molecule has 0 bridgehead atoms. The molecule has 8 heteroatoms. The second kappa shape index (κ2) is 4.32. The molecule has 0 radical (unpaired) electrons. The van der Waals surface area contributed by atoms with Gasteiger partial charge in [-0.15, -0.1) is 0 Å². The Morgan fingerprint density at radius 1 is 1.29 bits per heavy atom. The molecule has 0 aliphatic heterocycles. The van der Waals surface area contributed by atoms with Crippen LogP contribution in [0.25, 0.3) is 0 Å². The molecule has 0 aliphatic carbocycles. The first-order chi connectivity index (χ1) is 7.69. The summed E-state index contributed by atoms with van der Waals surface area (Å²) in [5.74, 6) is -1.21. The minimum absolute atomic E-state index is 0.409. The van der Waals surface area contributed by atoms with Crippen molar-refractivity contribution >= 4 is 11.9 Å². The molecule has 1 amide bonds. The lowest BCUT2D eigenvalue weighted by Gasteiger charge is -2.19. The number of carbonyl (C=O) groups is 1. The summed E-state index contributed by atoms with van der Waals surface area (Å²) >= 11 is 0. The number of hydrogen-bond acceptors (Lipinski definition) is 5. The zero-order valence-corrected chi connectivity index (χ0v) is 9.58. The van der Waals surface area contributed by atoms with E-state index in [-0.39, 0.29) is 0 Å². The summed E-state index contributed by atoms with van der Waals surface area (Å²) in [6, 6.07) is 0. The molecule has 0 unspecified atom stereocenters. The Kier molecular flexibility index (Phi) is 3.26. The average Bonchev–Trinajstić information content (AvgIpc) is 2.10. The van der Waals surface area contributed by atoms with E-state index in [1.54, 1.807) is 25.8 Å². The van der Waals surface area contributed by atoms with Crippen molar-refractivity contribution in [3.8, 4) is 5.75 Å². The molecular weight excluding hydrogens is 230 g/mol.